The molecule has 6 heteroatoms. The standard InChI is InChI=1S/C18H19ClF2N2O/c1-11(13-3-5-14(19)6-4-13)23-18(24)10-22-12(2)16-8-7-15(20)9-17(16)21/h3-9,11-12,22H,10H2,1-2H3,(H,23,24)/t11-,12+/m1/s1. The fourth-order valence-electron chi connectivity index (χ4n) is 2.34. The molecule has 0 saturated heterocycles. The van der Waals surface area contributed by atoms with Crippen LogP contribution in [0.4, 0.5) is 8.78 Å². The van der Waals surface area contributed by atoms with Gasteiger partial charge in [-0.1, -0.05) is 29.8 Å². The van der Waals surface area contributed by atoms with Gasteiger partial charge in [-0.2, -0.15) is 0 Å². The van der Waals surface area contributed by atoms with Gasteiger partial charge in [0, 0.05) is 22.7 Å². The maximum Gasteiger partial charge on any atom is 0.234 e. The molecule has 2 aromatic carbocycles. The molecule has 0 heterocycles. The lowest BCUT2D eigenvalue weighted by Crippen LogP contribution is -2.36. The Bertz CT molecular complexity index is 707. The van der Waals surface area contributed by atoms with Crippen LogP contribution in [0.15, 0.2) is 42.5 Å². The van der Waals surface area contributed by atoms with E-state index in [2.05, 4.69) is 10.6 Å². The summed E-state index contributed by atoms with van der Waals surface area (Å²) in [6.07, 6.45) is 0. The second kappa shape index (κ2) is 8.22. The van der Waals surface area contributed by atoms with Crippen molar-refractivity contribution < 1.29 is 13.6 Å². The molecule has 0 aliphatic rings. The molecule has 2 N–H and O–H groups in total. The third kappa shape index (κ3) is 5.01. The topological polar surface area (TPSA) is 41.1 Å². The average molecular weight is 353 g/mol. The van der Waals surface area contributed by atoms with Gasteiger partial charge in [-0.25, -0.2) is 8.78 Å². The minimum Gasteiger partial charge on any atom is -0.348 e. The average Bonchev–Trinajstić information content (AvgIpc) is 2.53. The van der Waals surface area contributed by atoms with Crippen LogP contribution in [0.2, 0.25) is 5.02 Å². The Kier molecular flexibility index (Phi) is 6.29. The molecule has 0 spiro atoms. The molecule has 3 nitrogen and oxygen atoms in total. The van der Waals surface area contributed by atoms with Crippen LogP contribution in [0, 0.1) is 11.6 Å². The number of benzene rings is 2. The maximum absolute atomic E-state index is 13.7. The highest BCUT2D eigenvalue weighted by atomic mass is 35.5. The van der Waals surface area contributed by atoms with E-state index in [0.29, 0.717) is 10.6 Å². The van der Waals surface area contributed by atoms with Gasteiger partial charge in [-0.3, -0.25) is 4.79 Å². The van der Waals surface area contributed by atoms with Crippen LogP contribution in [0.5, 0.6) is 0 Å². The van der Waals surface area contributed by atoms with E-state index in [1.54, 1.807) is 19.1 Å². The molecule has 2 rings (SSSR count). The number of carbonyl (C=O) groups excluding carboxylic acids is 1. The summed E-state index contributed by atoms with van der Waals surface area (Å²) >= 11 is 5.84. The second-order valence-corrected chi connectivity index (χ2v) is 6.05. The van der Waals surface area contributed by atoms with Gasteiger partial charge in [-0.05, 0) is 37.6 Å². The van der Waals surface area contributed by atoms with Crippen molar-refractivity contribution in [3.05, 3.63) is 70.2 Å². The number of halogens is 3. The third-order valence-electron chi connectivity index (χ3n) is 3.75. The Hall–Kier alpha value is -1.98. The van der Waals surface area contributed by atoms with E-state index >= 15 is 0 Å². The van der Waals surface area contributed by atoms with E-state index in [1.807, 2.05) is 19.1 Å². The monoisotopic (exact) mass is 352 g/mol. The molecule has 0 bridgehead atoms. The van der Waals surface area contributed by atoms with Crippen LogP contribution in [-0.2, 0) is 4.79 Å². The number of carbonyl (C=O) groups is 1. The molecule has 0 unspecified atom stereocenters. The third-order valence-corrected chi connectivity index (χ3v) is 4.00. The highest BCUT2D eigenvalue weighted by Gasteiger charge is 2.14. The van der Waals surface area contributed by atoms with Crippen molar-refractivity contribution in [2.24, 2.45) is 0 Å². The lowest BCUT2D eigenvalue weighted by Gasteiger charge is -2.18. The lowest BCUT2D eigenvalue weighted by atomic mass is 10.1. The summed E-state index contributed by atoms with van der Waals surface area (Å²) in [4.78, 5) is 12.0. The first-order valence-electron chi connectivity index (χ1n) is 7.60. The van der Waals surface area contributed by atoms with Gasteiger partial charge in [0.25, 0.3) is 0 Å². The molecular formula is C18H19ClF2N2O. The fraction of sp³-hybridized carbons (Fsp3) is 0.278. The first-order chi connectivity index (χ1) is 11.4. The predicted molar refractivity (Wildman–Crippen MR) is 90.8 cm³/mol. The second-order valence-electron chi connectivity index (χ2n) is 5.61. The predicted octanol–water partition coefficient (Wildman–Crippen LogP) is 4.15. The van der Waals surface area contributed by atoms with E-state index < -0.39 is 17.7 Å². The summed E-state index contributed by atoms with van der Waals surface area (Å²) in [5.41, 5.74) is 1.25. The zero-order chi connectivity index (χ0) is 17.7. The van der Waals surface area contributed by atoms with Crippen molar-refractivity contribution >= 4 is 17.5 Å². The fourth-order valence-corrected chi connectivity index (χ4v) is 2.46. The molecular weight excluding hydrogens is 334 g/mol. The highest BCUT2D eigenvalue weighted by molar-refractivity contribution is 6.30. The van der Waals surface area contributed by atoms with E-state index in [1.165, 1.54) is 12.1 Å². The van der Waals surface area contributed by atoms with Crippen molar-refractivity contribution in [1.29, 1.82) is 0 Å². The van der Waals surface area contributed by atoms with Crippen molar-refractivity contribution in [3.8, 4) is 0 Å². The molecule has 0 saturated carbocycles. The van der Waals surface area contributed by atoms with E-state index in [0.717, 1.165) is 11.6 Å². The maximum atomic E-state index is 13.7. The minimum absolute atomic E-state index is 0.0237. The molecule has 24 heavy (non-hydrogen) atoms. The number of rotatable bonds is 6. The number of hydrogen-bond donors (Lipinski definition) is 2. The quantitative estimate of drug-likeness (QED) is 0.820. The van der Waals surface area contributed by atoms with Crippen LogP contribution in [0.3, 0.4) is 0 Å². The first-order valence-corrected chi connectivity index (χ1v) is 7.97. The van der Waals surface area contributed by atoms with Crippen LogP contribution in [-0.4, -0.2) is 12.5 Å². The summed E-state index contributed by atoms with van der Waals surface area (Å²) in [6, 6.07) is 10.0. The normalized spacial score (nSPS) is 13.4. The van der Waals surface area contributed by atoms with Crippen molar-refractivity contribution in [2.75, 3.05) is 6.54 Å². The number of nitrogens with one attached hydrogen (secondary N) is 2. The Labute approximate surface area is 145 Å². The van der Waals surface area contributed by atoms with Gasteiger partial charge in [0.2, 0.25) is 5.91 Å². The highest BCUT2D eigenvalue weighted by Crippen LogP contribution is 2.18. The van der Waals surface area contributed by atoms with Crippen LogP contribution < -0.4 is 10.6 Å². The van der Waals surface area contributed by atoms with Crippen molar-refractivity contribution in [2.45, 2.75) is 25.9 Å². The Morgan fingerprint density at radius 3 is 2.38 bits per heavy atom. The van der Waals surface area contributed by atoms with Gasteiger partial charge in [0.15, 0.2) is 0 Å². The van der Waals surface area contributed by atoms with Gasteiger partial charge >= 0.3 is 0 Å². The minimum atomic E-state index is -0.634. The molecule has 0 radical (unpaired) electrons. The lowest BCUT2D eigenvalue weighted by molar-refractivity contribution is -0.121. The molecule has 128 valence electrons. The van der Waals surface area contributed by atoms with Crippen LogP contribution in [0.1, 0.15) is 37.1 Å². The first kappa shape index (κ1) is 18.4. The molecule has 2 atom stereocenters. The summed E-state index contributed by atoms with van der Waals surface area (Å²) < 4.78 is 26.6. The zero-order valence-electron chi connectivity index (χ0n) is 13.4. The molecule has 0 aromatic heterocycles. The largest absolute Gasteiger partial charge is 0.348 e. The number of hydrogen-bond acceptors (Lipinski definition) is 2. The number of amides is 1. The molecule has 1 amide bonds. The van der Waals surface area contributed by atoms with Gasteiger partial charge in [0.1, 0.15) is 11.6 Å². The zero-order valence-corrected chi connectivity index (χ0v) is 14.2. The van der Waals surface area contributed by atoms with Gasteiger partial charge in [0.05, 0.1) is 12.6 Å². The van der Waals surface area contributed by atoms with Crippen LogP contribution in [0.25, 0.3) is 0 Å². The summed E-state index contributed by atoms with van der Waals surface area (Å²) in [6.45, 7) is 3.60. The van der Waals surface area contributed by atoms with Crippen LogP contribution >= 0.6 is 11.6 Å². The summed E-state index contributed by atoms with van der Waals surface area (Å²) in [7, 11) is 0. The van der Waals surface area contributed by atoms with Crippen molar-refractivity contribution in [1.82, 2.24) is 10.6 Å². The van der Waals surface area contributed by atoms with Gasteiger partial charge in [-0.15, -0.1) is 0 Å². The smallest absolute Gasteiger partial charge is 0.234 e. The van der Waals surface area contributed by atoms with Gasteiger partial charge < -0.3 is 10.6 Å². The molecule has 0 fully saturated rings. The van der Waals surface area contributed by atoms with E-state index in [-0.39, 0.29) is 18.5 Å². The summed E-state index contributed by atoms with van der Waals surface area (Å²) in [5, 5.41) is 6.41. The Morgan fingerprint density at radius 1 is 1.08 bits per heavy atom. The van der Waals surface area contributed by atoms with E-state index in [9.17, 15) is 13.6 Å². The molecule has 0 aliphatic heterocycles. The molecule has 2 aromatic rings. The Morgan fingerprint density at radius 2 is 1.75 bits per heavy atom. The Balaban J connectivity index is 1.87. The SMILES string of the molecule is C[C@H](NCC(=O)N[C@H](C)c1ccc(Cl)cc1)c1ccc(F)cc1F. The summed E-state index contributed by atoms with van der Waals surface area (Å²) in [5.74, 6) is -1.48. The molecule has 0 aliphatic carbocycles. The van der Waals surface area contributed by atoms with E-state index in [4.69, 9.17) is 11.6 Å². The van der Waals surface area contributed by atoms with Crippen molar-refractivity contribution in [3.63, 3.8) is 0 Å².